The zero-order valence-corrected chi connectivity index (χ0v) is 6.15. The molecule has 0 amide bonds. The van der Waals surface area contributed by atoms with E-state index in [0.717, 1.165) is 12.8 Å². The van der Waals surface area contributed by atoms with Crippen LogP contribution < -0.4 is 5.14 Å². The Kier molecular flexibility index (Phi) is 1.78. The third kappa shape index (κ3) is 2.45. The first-order chi connectivity index (χ1) is 4.49. The average molecular weight is 162 g/mol. The van der Waals surface area contributed by atoms with Gasteiger partial charge in [-0.05, 0) is 12.8 Å². The lowest BCUT2D eigenvalue weighted by molar-refractivity contribution is -0.114. The molecule has 0 aromatic rings. The molecule has 1 radical (unpaired) electrons. The van der Waals surface area contributed by atoms with Crippen molar-refractivity contribution < 1.29 is 13.2 Å². The maximum atomic E-state index is 10.7. The molecule has 1 rings (SSSR count). The van der Waals surface area contributed by atoms with Crippen molar-refractivity contribution in [1.29, 1.82) is 0 Å². The van der Waals surface area contributed by atoms with Gasteiger partial charge in [0.1, 0.15) is 5.75 Å². The highest BCUT2D eigenvalue weighted by molar-refractivity contribution is 7.89. The molecule has 1 saturated carbocycles. The molecule has 1 fully saturated rings. The Balaban J connectivity index is 2.45. The molecule has 0 aliphatic heterocycles. The second-order valence-electron chi connectivity index (χ2n) is 2.33. The van der Waals surface area contributed by atoms with Gasteiger partial charge in [-0.25, -0.2) is 13.6 Å². The Bertz CT molecular complexity index is 240. The summed E-state index contributed by atoms with van der Waals surface area (Å²) in [6.45, 7) is 0. The summed E-state index contributed by atoms with van der Waals surface area (Å²) in [5.41, 5.74) is 0. The second-order valence-corrected chi connectivity index (χ2v) is 3.95. The molecule has 0 aromatic heterocycles. The molecule has 0 saturated heterocycles. The van der Waals surface area contributed by atoms with Crippen LogP contribution in [-0.4, -0.2) is 20.0 Å². The molecule has 0 bridgehead atoms. The molecule has 0 aromatic carbocycles. The van der Waals surface area contributed by atoms with Crippen molar-refractivity contribution in [1.82, 2.24) is 0 Å². The highest BCUT2D eigenvalue weighted by atomic mass is 32.2. The third-order valence-corrected chi connectivity index (χ3v) is 1.89. The summed E-state index contributed by atoms with van der Waals surface area (Å²) in [6.07, 6.45) is 1.49. The van der Waals surface area contributed by atoms with Crippen LogP contribution in [0.3, 0.4) is 0 Å². The van der Waals surface area contributed by atoms with Crippen molar-refractivity contribution in [2.75, 3.05) is 5.75 Å². The number of primary sulfonamides is 1. The molecule has 1 aliphatic carbocycles. The number of nitrogens with two attached hydrogens (primary N) is 1. The molecular formula is C5H8NO3S. The molecule has 57 valence electrons. The maximum Gasteiger partial charge on any atom is 0.216 e. The van der Waals surface area contributed by atoms with Gasteiger partial charge in [0.15, 0.2) is 5.78 Å². The molecule has 10 heavy (non-hydrogen) atoms. The Morgan fingerprint density at radius 3 is 2.30 bits per heavy atom. The second kappa shape index (κ2) is 2.32. The summed E-state index contributed by atoms with van der Waals surface area (Å²) in [4.78, 5) is 10.7. The Morgan fingerprint density at radius 1 is 1.50 bits per heavy atom. The Morgan fingerprint density at radius 2 is 2.00 bits per heavy atom. The number of ketones is 1. The van der Waals surface area contributed by atoms with Gasteiger partial charge in [0.05, 0.1) is 0 Å². The lowest BCUT2D eigenvalue weighted by atomic mass is 10.3. The van der Waals surface area contributed by atoms with Gasteiger partial charge in [-0.3, -0.25) is 4.79 Å². The molecule has 1 aliphatic rings. The van der Waals surface area contributed by atoms with Crippen LogP contribution in [0.25, 0.3) is 0 Å². The fourth-order valence-corrected chi connectivity index (χ4v) is 1.20. The fraction of sp³-hybridized carbons (Fsp3) is 0.600. The van der Waals surface area contributed by atoms with Gasteiger partial charge in [-0.15, -0.1) is 0 Å². The van der Waals surface area contributed by atoms with Gasteiger partial charge >= 0.3 is 0 Å². The van der Waals surface area contributed by atoms with Crippen molar-refractivity contribution in [2.45, 2.75) is 12.8 Å². The first-order valence-corrected chi connectivity index (χ1v) is 4.59. The van der Waals surface area contributed by atoms with Crippen LogP contribution >= 0.6 is 0 Å². The van der Waals surface area contributed by atoms with E-state index in [1.165, 1.54) is 0 Å². The summed E-state index contributed by atoms with van der Waals surface area (Å²) in [5, 5.41) is 4.64. The molecule has 0 spiro atoms. The monoisotopic (exact) mass is 162 g/mol. The van der Waals surface area contributed by atoms with E-state index in [1.54, 1.807) is 0 Å². The lowest BCUT2D eigenvalue weighted by Gasteiger charge is -1.92. The van der Waals surface area contributed by atoms with E-state index < -0.39 is 15.8 Å². The number of sulfonamides is 1. The molecule has 5 heteroatoms. The quantitative estimate of drug-likeness (QED) is 0.591. The van der Waals surface area contributed by atoms with E-state index in [2.05, 4.69) is 5.14 Å². The number of hydrogen-bond donors (Lipinski definition) is 1. The first kappa shape index (κ1) is 7.68. The van der Waals surface area contributed by atoms with Crippen molar-refractivity contribution in [3.8, 4) is 0 Å². The minimum Gasteiger partial charge on any atom is -0.298 e. The van der Waals surface area contributed by atoms with Gasteiger partial charge in [0, 0.05) is 5.92 Å². The lowest BCUT2D eigenvalue weighted by Crippen LogP contribution is -2.23. The van der Waals surface area contributed by atoms with Crippen LogP contribution in [0.5, 0.6) is 0 Å². The third-order valence-electron chi connectivity index (χ3n) is 1.23. The van der Waals surface area contributed by atoms with E-state index in [1.807, 2.05) is 0 Å². The van der Waals surface area contributed by atoms with E-state index in [9.17, 15) is 13.2 Å². The number of Topliss-reactive ketones (excluding diaryl/α,β-unsaturated/α-hetero) is 1. The smallest absolute Gasteiger partial charge is 0.216 e. The van der Waals surface area contributed by atoms with Gasteiger partial charge in [-0.2, -0.15) is 0 Å². The van der Waals surface area contributed by atoms with Crippen LogP contribution in [0.4, 0.5) is 0 Å². The van der Waals surface area contributed by atoms with Crippen LogP contribution in [-0.2, 0) is 14.8 Å². The van der Waals surface area contributed by atoms with E-state index in [4.69, 9.17) is 0 Å². The zero-order chi connectivity index (χ0) is 7.78. The standard InChI is InChI=1S/C5H8NO3S/c6-10(8,9)3-5(7)4-1-2-4/h1-3H2,(H2,6,8,9). The van der Waals surface area contributed by atoms with Gasteiger partial charge in [-0.1, -0.05) is 0 Å². The van der Waals surface area contributed by atoms with E-state index in [-0.39, 0.29) is 5.78 Å². The fourth-order valence-electron chi connectivity index (χ4n) is 0.626. The highest BCUT2D eigenvalue weighted by Gasteiger charge is 2.32. The topological polar surface area (TPSA) is 77.2 Å². The van der Waals surface area contributed by atoms with Crippen molar-refractivity contribution in [3.05, 3.63) is 5.92 Å². The Labute approximate surface area is 59.5 Å². The SMILES string of the molecule is NS(=O)(=O)CC(=O)[C]1CC1. The molecule has 0 unspecified atom stereocenters. The molecule has 0 heterocycles. The van der Waals surface area contributed by atoms with Crippen molar-refractivity contribution >= 4 is 15.8 Å². The van der Waals surface area contributed by atoms with Crippen LogP contribution in [0, 0.1) is 5.92 Å². The van der Waals surface area contributed by atoms with E-state index >= 15 is 0 Å². The van der Waals surface area contributed by atoms with Crippen LogP contribution in [0.2, 0.25) is 0 Å². The number of hydrogen-bond acceptors (Lipinski definition) is 3. The summed E-state index contributed by atoms with van der Waals surface area (Å²) in [7, 11) is -3.60. The van der Waals surface area contributed by atoms with Crippen molar-refractivity contribution in [2.24, 2.45) is 5.14 Å². The average Bonchev–Trinajstić information content (AvgIpc) is 2.35. The van der Waals surface area contributed by atoms with Crippen LogP contribution in [0.15, 0.2) is 0 Å². The predicted molar refractivity (Wildman–Crippen MR) is 35.5 cm³/mol. The van der Waals surface area contributed by atoms with Crippen molar-refractivity contribution in [3.63, 3.8) is 0 Å². The number of carbonyl (C=O) groups excluding carboxylic acids is 1. The van der Waals surface area contributed by atoms with Gasteiger partial charge in [0.25, 0.3) is 0 Å². The molecular weight excluding hydrogens is 154 g/mol. The summed E-state index contributed by atoms with van der Waals surface area (Å²) in [5.74, 6) is -0.140. The Hall–Kier alpha value is -0.420. The summed E-state index contributed by atoms with van der Waals surface area (Å²) < 4.78 is 20.6. The van der Waals surface area contributed by atoms with Crippen LogP contribution in [0.1, 0.15) is 12.8 Å². The maximum absolute atomic E-state index is 10.7. The zero-order valence-electron chi connectivity index (χ0n) is 5.33. The predicted octanol–water partition coefficient (Wildman–Crippen LogP) is -0.788. The van der Waals surface area contributed by atoms with E-state index in [0.29, 0.717) is 5.92 Å². The normalized spacial score (nSPS) is 18.9. The molecule has 4 nitrogen and oxygen atoms in total. The summed E-state index contributed by atoms with van der Waals surface area (Å²) in [6, 6.07) is 0. The highest BCUT2D eigenvalue weighted by Crippen LogP contribution is 2.32. The first-order valence-electron chi connectivity index (χ1n) is 2.87. The largest absolute Gasteiger partial charge is 0.298 e. The summed E-state index contributed by atoms with van der Waals surface area (Å²) >= 11 is 0. The minimum absolute atomic E-state index is 0.317. The number of rotatable bonds is 3. The minimum atomic E-state index is -3.60. The van der Waals surface area contributed by atoms with Gasteiger partial charge < -0.3 is 0 Å². The van der Waals surface area contributed by atoms with Gasteiger partial charge in [0.2, 0.25) is 10.0 Å². The molecule has 2 N–H and O–H groups in total. The molecule has 0 atom stereocenters. The number of carbonyl (C=O) groups is 1.